The van der Waals surface area contributed by atoms with Gasteiger partial charge < -0.3 is 10.1 Å². The van der Waals surface area contributed by atoms with Crippen LogP contribution in [0.25, 0.3) is 0 Å². The summed E-state index contributed by atoms with van der Waals surface area (Å²) in [6.45, 7) is 3.83. The van der Waals surface area contributed by atoms with Crippen molar-refractivity contribution in [1.82, 2.24) is 15.1 Å². The Bertz CT molecular complexity index is 903. The van der Waals surface area contributed by atoms with E-state index in [1.54, 1.807) is 18.2 Å². The molecule has 0 bridgehead atoms. The van der Waals surface area contributed by atoms with Crippen LogP contribution in [-0.4, -0.2) is 83.5 Å². The Morgan fingerprint density at radius 3 is 2.56 bits per heavy atom. The summed E-state index contributed by atoms with van der Waals surface area (Å²) in [6, 6.07) is 4.92. The monoisotopic (exact) mass is 457 g/mol. The quantitative estimate of drug-likeness (QED) is 0.685. The normalized spacial score (nSPS) is 27.1. The van der Waals surface area contributed by atoms with Crippen molar-refractivity contribution in [3.63, 3.8) is 0 Å². The van der Waals surface area contributed by atoms with E-state index in [2.05, 4.69) is 10.2 Å². The first kappa shape index (κ1) is 21.9. The summed E-state index contributed by atoms with van der Waals surface area (Å²) < 4.78 is 5.51. The first-order chi connectivity index (χ1) is 15.6. The van der Waals surface area contributed by atoms with Gasteiger partial charge in [0, 0.05) is 42.5 Å². The zero-order valence-electron chi connectivity index (χ0n) is 18.4. The molecule has 7 nitrogen and oxygen atoms in total. The summed E-state index contributed by atoms with van der Waals surface area (Å²) in [6.07, 6.45) is 6.06. The Labute approximate surface area is 193 Å². The molecule has 1 aromatic rings. The average Bonchev–Trinajstić information content (AvgIpc) is 3.42. The van der Waals surface area contributed by atoms with E-state index in [9.17, 15) is 14.4 Å². The first-order valence-corrected chi connectivity index (χ1v) is 13.0. The fourth-order valence-electron chi connectivity index (χ4n) is 5.55. The lowest BCUT2D eigenvalue weighted by Gasteiger charge is -2.43. The van der Waals surface area contributed by atoms with Crippen molar-refractivity contribution in [2.75, 3.05) is 44.4 Å². The minimum absolute atomic E-state index is 0.0123. The third-order valence-electron chi connectivity index (χ3n) is 7.46. The molecule has 0 spiro atoms. The summed E-state index contributed by atoms with van der Waals surface area (Å²) in [5.41, 5.74) is 1.20. The number of carbonyl (C=O) groups is 3. The van der Waals surface area contributed by atoms with Crippen LogP contribution in [0.3, 0.4) is 0 Å². The molecule has 3 amide bonds. The molecule has 1 atom stereocenters. The molecular formula is C24H31N3O4S. The number of nitrogens with one attached hydrogen (secondary N) is 1. The van der Waals surface area contributed by atoms with Gasteiger partial charge in [-0.2, -0.15) is 11.8 Å². The maximum Gasteiger partial charge on any atom is 0.261 e. The maximum absolute atomic E-state index is 13.1. The summed E-state index contributed by atoms with van der Waals surface area (Å²) in [5.74, 6) is 1.45. The van der Waals surface area contributed by atoms with Crippen molar-refractivity contribution >= 4 is 29.5 Å². The zero-order valence-corrected chi connectivity index (χ0v) is 19.3. The highest BCUT2D eigenvalue weighted by Crippen LogP contribution is 2.34. The highest BCUT2D eigenvalue weighted by Gasteiger charge is 2.42. The van der Waals surface area contributed by atoms with E-state index in [0.717, 1.165) is 76.3 Å². The molecular weight excluding hydrogens is 426 g/mol. The predicted molar refractivity (Wildman–Crippen MR) is 123 cm³/mol. The van der Waals surface area contributed by atoms with Crippen LogP contribution in [0, 0.1) is 0 Å². The van der Waals surface area contributed by atoms with Gasteiger partial charge in [0.1, 0.15) is 0 Å². The molecule has 32 heavy (non-hydrogen) atoms. The van der Waals surface area contributed by atoms with Gasteiger partial charge in [0.15, 0.2) is 0 Å². The molecule has 1 saturated carbocycles. The lowest BCUT2D eigenvalue weighted by Crippen LogP contribution is -2.59. The third-order valence-corrected chi connectivity index (χ3v) is 8.70. The molecule has 0 aromatic heterocycles. The Hall–Kier alpha value is -1.90. The average molecular weight is 458 g/mol. The zero-order chi connectivity index (χ0) is 22.1. The van der Waals surface area contributed by atoms with E-state index in [0.29, 0.717) is 23.2 Å². The third kappa shape index (κ3) is 3.97. The molecule has 172 valence electrons. The number of thioether (sulfide) groups is 1. The number of benzene rings is 1. The molecule has 5 rings (SSSR count). The summed E-state index contributed by atoms with van der Waals surface area (Å²) in [5, 5.41) is 3.13. The number of nitrogens with zero attached hydrogens (tertiary/aromatic N) is 2. The van der Waals surface area contributed by atoms with Gasteiger partial charge in [0.2, 0.25) is 0 Å². The number of morpholine rings is 1. The largest absolute Gasteiger partial charge is 0.379 e. The van der Waals surface area contributed by atoms with Gasteiger partial charge in [-0.3, -0.25) is 24.2 Å². The SMILES string of the molecule is O=C(NCC1(N2CCOCC2)CCSC1)c1ccc2c(c1)C(=O)N(C1CCCCC1)C2=O. The highest BCUT2D eigenvalue weighted by atomic mass is 32.2. The Kier molecular flexibility index (Phi) is 6.27. The Morgan fingerprint density at radius 2 is 1.84 bits per heavy atom. The van der Waals surface area contributed by atoms with E-state index in [-0.39, 0.29) is 29.3 Å². The molecule has 1 unspecified atom stereocenters. The van der Waals surface area contributed by atoms with Crippen molar-refractivity contribution in [3.05, 3.63) is 34.9 Å². The van der Waals surface area contributed by atoms with Crippen LogP contribution in [0.5, 0.6) is 0 Å². The lowest BCUT2D eigenvalue weighted by molar-refractivity contribution is -0.0129. The minimum atomic E-state index is -0.247. The molecule has 1 N–H and O–H groups in total. The standard InChI is InChI=1S/C24H31N3O4S/c28-21(25-15-24(8-13-32-16-24)26-9-11-31-12-10-26)17-6-7-19-20(14-17)23(30)27(22(19)29)18-4-2-1-3-5-18/h6-7,14,18H,1-5,8-13,15-16H2,(H,25,28). The van der Waals surface area contributed by atoms with Crippen LogP contribution in [-0.2, 0) is 4.74 Å². The van der Waals surface area contributed by atoms with Gasteiger partial charge in [-0.05, 0) is 43.2 Å². The van der Waals surface area contributed by atoms with Gasteiger partial charge in [0.05, 0.1) is 24.3 Å². The van der Waals surface area contributed by atoms with Crippen molar-refractivity contribution in [1.29, 1.82) is 0 Å². The van der Waals surface area contributed by atoms with Gasteiger partial charge in [-0.15, -0.1) is 0 Å². The van der Waals surface area contributed by atoms with Crippen molar-refractivity contribution < 1.29 is 19.1 Å². The highest BCUT2D eigenvalue weighted by molar-refractivity contribution is 7.99. The minimum Gasteiger partial charge on any atom is -0.379 e. The second kappa shape index (κ2) is 9.15. The number of hydrogen-bond acceptors (Lipinski definition) is 6. The summed E-state index contributed by atoms with van der Waals surface area (Å²) in [7, 11) is 0. The molecule has 3 fully saturated rings. The molecule has 1 aliphatic carbocycles. The van der Waals surface area contributed by atoms with E-state index in [1.165, 1.54) is 4.90 Å². The van der Waals surface area contributed by atoms with Gasteiger partial charge in [0.25, 0.3) is 17.7 Å². The van der Waals surface area contributed by atoms with Crippen LogP contribution in [0.15, 0.2) is 18.2 Å². The molecule has 4 aliphatic rings. The Morgan fingerprint density at radius 1 is 1.09 bits per heavy atom. The molecule has 3 heterocycles. The van der Waals surface area contributed by atoms with Crippen molar-refractivity contribution in [2.24, 2.45) is 0 Å². The van der Waals surface area contributed by atoms with E-state index >= 15 is 0 Å². The number of hydrogen-bond donors (Lipinski definition) is 1. The van der Waals surface area contributed by atoms with E-state index < -0.39 is 0 Å². The van der Waals surface area contributed by atoms with Crippen molar-refractivity contribution in [3.8, 4) is 0 Å². The number of imide groups is 1. The smallest absolute Gasteiger partial charge is 0.261 e. The van der Waals surface area contributed by atoms with E-state index in [4.69, 9.17) is 4.74 Å². The number of rotatable bonds is 5. The topological polar surface area (TPSA) is 79.0 Å². The second-order valence-electron chi connectivity index (χ2n) is 9.34. The van der Waals surface area contributed by atoms with Gasteiger partial charge in [-0.25, -0.2) is 0 Å². The fraction of sp³-hybridized carbons (Fsp3) is 0.625. The van der Waals surface area contributed by atoms with Crippen molar-refractivity contribution in [2.45, 2.75) is 50.1 Å². The molecule has 1 aromatic carbocycles. The molecule has 0 radical (unpaired) electrons. The number of fused-ring (bicyclic) bond motifs is 1. The van der Waals surface area contributed by atoms with Crippen LogP contribution in [0.1, 0.15) is 69.6 Å². The summed E-state index contributed by atoms with van der Waals surface area (Å²) in [4.78, 5) is 42.9. The van der Waals surface area contributed by atoms with E-state index in [1.807, 2.05) is 11.8 Å². The molecule has 8 heteroatoms. The first-order valence-electron chi connectivity index (χ1n) is 11.8. The number of carbonyl (C=O) groups excluding carboxylic acids is 3. The molecule has 3 aliphatic heterocycles. The van der Waals surface area contributed by atoms with Crippen LogP contribution in [0.4, 0.5) is 0 Å². The van der Waals surface area contributed by atoms with Crippen LogP contribution < -0.4 is 5.32 Å². The maximum atomic E-state index is 13.1. The predicted octanol–water partition coefficient (Wildman–Crippen LogP) is 2.55. The van der Waals surface area contributed by atoms with Gasteiger partial charge in [-0.1, -0.05) is 19.3 Å². The number of ether oxygens (including phenoxy) is 1. The van der Waals surface area contributed by atoms with Crippen LogP contribution in [0.2, 0.25) is 0 Å². The molecule has 2 saturated heterocycles. The Balaban J connectivity index is 1.29. The van der Waals surface area contributed by atoms with Crippen LogP contribution >= 0.6 is 11.8 Å². The number of amides is 3. The van der Waals surface area contributed by atoms with Gasteiger partial charge >= 0.3 is 0 Å². The second-order valence-corrected chi connectivity index (χ2v) is 10.4. The summed E-state index contributed by atoms with van der Waals surface area (Å²) >= 11 is 1.93. The lowest BCUT2D eigenvalue weighted by atomic mass is 9.94. The fourth-order valence-corrected chi connectivity index (χ4v) is 7.03.